The summed E-state index contributed by atoms with van der Waals surface area (Å²) in [6.07, 6.45) is 1.98. The lowest BCUT2D eigenvalue weighted by atomic mass is 10.2. The van der Waals surface area contributed by atoms with Gasteiger partial charge in [-0.1, -0.05) is 23.7 Å². The lowest BCUT2D eigenvalue weighted by Crippen LogP contribution is -2.31. The highest BCUT2D eigenvalue weighted by Gasteiger charge is 2.20. The molecule has 26 heavy (non-hydrogen) atoms. The molecule has 0 aliphatic carbocycles. The number of hydrogen-bond acceptors (Lipinski definition) is 5. The standard InChI is InChI=1S/C18H17ClN2O5/c19-15-7-2-8-16(21(23)24)17(15)26-13-5-1-4-12(10-13)18(22)20-11-14-6-3-9-25-14/h1-2,4-5,7-8,10,14H,3,6,9,11H2,(H,20,22)/t14-/m0/s1. The van der Waals surface area contributed by atoms with Crippen LogP contribution in [0.25, 0.3) is 0 Å². The van der Waals surface area contributed by atoms with Gasteiger partial charge in [-0.3, -0.25) is 14.9 Å². The third kappa shape index (κ3) is 4.30. The molecule has 0 bridgehead atoms. The van der Waals surface area contributed by atoms with Crippen LogP contribution in [0.2, 0.25) is 5.02 Å². The van der Waals surface area contributed by atoms with E-state index in [9.17, 15) is 14.9 Å². The molecule has 0 saturated carbocycles. The zero-order chi connectivity index (χ0) is 18.5. The first-order chi connectivity index (χ1) is 12.5. The fourth-order valence-corrected chi connectivity index (χ4v) is 2.88. The highest BCUT2D eigenvalue weighted by atomic mass is 35.5. The van der Waals surface area contributed by atoms with Gasteiger partial charge in [-0.05, 0) is 37.1 Å². The maximum absolute atomic E-state index is 12.3. The van der Waals surface area contributed by atoms with Gasteiger partial charge in [0.05, 0.1) is 16.0 Å². The largest absolute Gasteiger partial charge is 0.449 e. The van der Waals surface area contributed by atoms with Gasteiger partial charge in [-0.25, -0.2) is 0 Å². The number of amides is 1. The van der Waals surface area contributed by atoms with Crippen molar-refractivity contribution < 1.29 is 19.2 Å². The van der Waals surface area contributed by atoms with E-state index < -0.39 is 4.92 Å². The van der Waals surface area contributed by atoms with Crippen LogP contribution in [0.15, 0.2) is 42.5 Å². The molecule has 0 unspecified atom stereocenters. The summed E-state index contributed by atoms with van der Waals surface area (Å²) >= 11 is 6.03. The lowest BCUT2D eigenvalue weighted by molar-refractivity contribution is -0.385. The Labute approximate surface area is 155 Å². The first-order valence-corrected chi connectivity index (χ1v) is 8.53. The fraction of sp³-hybridized carbons (Fsp3) is 0.278. The minimum absolute atomic E-state index is 0.0455. The average molecular weight is 377 g/mol. The predicted molar refractivity (Wildman–Crippen MR) is 95.9 cm³/mol. The summed E-state index contributed by atoms with van der Waals surface area (Å²) in [5.74, 6) is -0.0401. The number of nitro benzene ring substituents is 1. The first kappa shape index (κ1) is 18.2. The second-order valence-electron chi connectivity index (χ2n) is 5.82. The highest BCUT2D eigenvalue weighted by Crippen LogP contribution is 2.37. The summed E-state index contributed by atoms with van der Waals surface area (Å²) in [7, 11) is 0. The molecule has 0 aromatic heterocycles. The Balaban J connectivity index is 1.73. The average Bonchev–Trinajstić information content (AvgIpc) is 3.15. The molecule has 1 N–H and O–H groups in total. The monoisotopic (exact) mass is 376 g/mol. The van der Waals surface area contributed by atoms with Gasteiger partial charge in [0.25, 0.3) is 5.91 Å². The molecule has 1 saturated heterocycles. The number of ether oxygens (including phenoxy) is 2. The molecule has 1 aliphatic rings. The van der Waals surface area contributed by atoms with Crippen molar-refractivity contribution in [2.45, 2.75) is 18.9 Å². The van der Waals surface area contributed by atoms with Gasteiger partial charge in [-0.2, -0.15) is 0 Å². The Hall–Kier alpha value is -2.64. The second kappa shape index (κ2) is 8.16. The molecule has 7 nitrogen and oxygen atoms in total. The molecular formula is C18H17ClN2O5. The van der Waals surface area contributed by atoms with Crippen molar-refractivity contribution in [3.8, 4) is 11.5 Å². The molecule has 136 valence electrons. The topological polar surface area (TPSA) is 90.7 Å². The summed E-state index contributed by atoms with van der Waals surface area (Å²) in [5, 5.41) is 14.1. The van der Waals surface area contributed by atoms with Crippen molar-refractivity contribution >= 4 is 23.2 Å². The van der Waals surface area contributed by atoms with E-state index in [0.29, 0.717) is 12.1 Å². The number of nitrogens with zero attached hydrogens (tertiary/aromatic N) is 1. The number of carbonyl (C=O) groups excluding carboxylic acids is 1. The van der Waals surface area contributed by atoms with Crippen molar-refractivity contribution in [3.05, 3.63) is 63.2 Å². The minimum atomic E-state index is -0.570. The third-order valence-electron chi connectivity index (χ3n) is 3.97. The summed E-state index contributed by atoms with van der Waals surface area (Å²) in [4.78, 5) is 22.9. The van der Waals surface area contributed by atoms with E-state index in [1.54, 1.807) is 18.2 Å². The van der Waals surface area contributed by atoms with Crippen LogP contribution in [0, 0.1) is 10.1 Å². The second-order valence-corrected chi connectivity index (χ2v) is 6.23. The molecule has 1 amide bonds. The Bertz CT molecular complexity index is 821. The summed E-state index contributed by atoms with van der Waals surface area (Å²) in [6, 6.07) is 10.7. The summed E-state index contributed by atoms with van der Waals surface area (Å²) in [6.45, 7) is 1.17. The molecule has 1 atom stereocenters. The van der Waals surface area contributed by atoms with Crippen LogP contribution in [-0.2, 0) is 4.74 Å². The SMILES string of the molecule is O=C(NC[C@@H]1CCCO1)c1cccc(Oc2c(Cl)cccc2[N+](=O)[O-])c1. The van der Waals surface area contributed by atoms with Gasteiger partial charge in [0.1, 0.15) is 5.75 Å². The van der Waals surface area contributed by atoms with Crippen molar-refractivity contribution in [1.29, 1.82) is 0 Å². The molecule has 1 aliphatic heterocycles. The fourth-order valence-electron chi connectivity index (χ4n) is 2.67. The maximum atomic E-state index is 12.3. The number of carbonyl (C=O) groups is 1. The Morgan fingerprint density at radius 1 is 1.35 bits per heavy atom. The number of nitro groups is 1. The van der Waals surface area contributed by atoms with Crippen molar-refractivity contribution in [2.24, 2.45) is 0 Å². The highest BCUT2D eigenvalue weighted by molar-refractivity contribution is 6.32. The third-order valence-corrected chi connectivity index (χ3v) is 4.27. The van der Waals surface area contributed by atoms with Gasteiger partial charge >= 0.3 is 5.69 Å². The quantitative estimate of drug-likeness (QED) is 0.609. The number of benzene rings is 2. The van der Waals surface area contributed by atoms with E-state index >= 15 is 0 Å². The number of halogens is 1. The van der Waals surface area contributed by atoms with Gasteiger partial charge in [0, 0.05) is 24.8 Å². The van der Waals surface area contributed by atoms with E-state index in [4.69, 9.17) is 21.1 Å². The summed E-state index contributed by atoms with van der Waals surface area (Å²) in [5.41, 5.74) is 0.140. The zero-order valence-corrected chi connectivity index (χ0v) is 14.6. The van der Waals surface area contributed by atoms with Gasteiger partial charge in [-0.15, -0.1) is 0 Å². The van der Waals surface area contributed by atoms with Crippen LogP contribution in [0.5, 0.6) is 11.5 Å². The van der Waals surface area contributed by atoms with Crippen molar-refractivity contribution in [2.75, 3.05) is 13.2 Å². The molecule has 2 aromatic carbocycles. The molecule has 8 heteroatoms. The normalized spacial score (nSPS) is 16.3. The Morgan fingerprint density at radius 3 is 2.88 bits per heavy atom. The van der Waals surface area contributed by atoms with E-state index in [1.807, 2.05) is 0 Å². The number of nitrogens with one attached hydrogen (secondary N) is 1. The van der Waals surface area contributed by atoms with E-state index in [-0.39, 0.29) is 34.2 Å². The van der Waals surface area contributed by atoms with Gasteiger partial charge in [0.2, 0.25) is 5.75 Å². The molecule has 0 radical (unpaired) electrons. The maximum Gasteiger partial charge on any atom is 0.313 e. The smallest absolute Gasteiger partial charge is 0.313 e. The van der Waals surface area contributed by atoms with Crippen LogP contribution in [0.4, 0.5) is 5.69 Å². The van der Waals surface area contributed by atoms with Crippen molar-refractivity contribution in [3.63, 3.8) is 0 Å². The van der Waals surface area contributed by atoms with Gasteiger partial charge in [0.15, 0.2) is 0 Å². The van der Waals surface area contributed by atoms with Crippen LogP contribution < -0.4 is 10.1 Å². The molecule has 2 aromatic rings. The first-order valence-electron chi connectivity index (χ1n) is 8.15. The van der Waals surface area contributed by atoms with Crippen LogP contribution >= 0.6 is 11.6 Å². The van der Waals surface area contributed by atoms with E-state index in [0.717, 1.165) is 19.4 Å². The molecule has 1 heterocycles. The van der Waals surface area contributed by atoms with Gasteiger partial charge < -0.3 is 14.8 Å². The number of para-hydroxylation sites is 1. The zero-order valence-electron chi connectivity index (χ0n) is 13.8. The van der Waals surface area contributed by atoms with E-state index in [1.165, 1.54) is 24.3 Å². The molecular weight excluding hydrogens is 360 g/mol. The van der Waals surface area contributed by atoms with Crippen molar-refractivity contribution in [1.82, 2.24) is 5.32 Å². The Morgan fingerprint density at radius 2 is 2.15 bits per heavy atom. The molecule has 1 fully saturated rings. The van der Waals surface area contributed by atoms with Crippen LogP contribution in [0.3, 0.4) is 0 Å². The predicted octanol–water partition coefficient (Wildman–Crippen LogP) is 3.95. The lowest BCUT2D eigenvalue weighted by Gasteiger charge is -2.12. The van der Waals surface area contributed by atoms with E-state index in [2.05, 4.69) is 5.32 Å². The Kier molecular flexibility index (Phi) is 5.70. The van der Waals surface area contributed by atoms with Crippen LogP contribution in [0.1, 0.15) is 23.2 Å². The van der Waals surface area contributed by atoms with Crippen LogP contribution in [-0.4, -0.2) is 30.1 Å². The molecule has 0 spiro atoms. The summed E-state index contributed by atoms with van der Waals surface area (Å²) < 4.78 is 11.1. The number of rotatable bonds is 6. The molecule has 3 rings (SSSR count). The minimum Gasteiger partial charge on any atom is -0.449 e. The number of hydrogen-bond donors (Lipinski definition) is 1.